The summed E-state index contributed by atoms with van der Waals surface area (Å²) in [5.74, 6) is 2.51. The van der Waals surface area contributed by atoms with E-state index in [1.807, 2.05) is 12.1 Å². The molecule has 0 unspecified atom stereocenters. The Bertz CT molecular complexity index is 603. The van der Waals surface area contributed by atoms with E-state index in [9.17, 15) is 0 Å². The average Bonchev–Trinajstić information content (AvgIpc) is 2.49. The van der Waals surface area contributed by atoms with Crippen molar-refractivity contribution < 1.29 is 0 Å². The van der Waals surface area contributed by atoms with E-state index in [-0.39, 0.29) is 0 Å². The summed E-state index contributed by atoms with van der Waals surface area (Å²) >= 11 is 8.77. The molecule has 0 atom stereocenters. The molecule has 0 fully saturated rings. The van der Waals surface area contributed by atoms with Crippen LogP contribution < -0.4 is 5.32 Å². The van der Waals surface area contributed by atoms with Gasteiger partial charge in [-0.1, -0.05) is 22.9 Å². The molecule has 3 nitrogen and oxygen atoms in total. The van der Waals surface area contributed by atoms with Crippen LogP contribution in [0.4, 0.5) is 5.82 Å². The Balaban J connectivity index is 2.15. The van der Waals surface area contributed by atoms with E-state index in [2.05, 4.69) is 73.1 Å². The minimum atomic E-state index is 0.764. The van der Waals surface area contributed by atoms with Crippen LogP contribution in [0, 0.1) is 0 Å². The van der Waals surface area contributed by atoms with Gasteiger partial charge >= 0.3 is 0 Å². The molecule has 1 heterocycles. The van der Waals surface area contributed by atoms with Crippen molar-refractivity contribution in [3.05, 3.63) is 44.7 Å². The Morgan fingerprint density at radius 3 is 2.43 bits per heavy atom. The van der Waals surface area contributed by atoms with Gasteiger partial charge in [-0.05, 0) is 53.5 Å². The van der Waals surface area contributed by atoms with Crippen molar-refractivity contribution >= 4 is 49.4 Å². The van der Waals surface area contributed by atoms with Crippen molar-refractivity contribution in [3.8, 4) is 0 Å². The second-order valence-corrected chi connectivity index (χ2v) is 7.13. The summed E-state index contributed by atoms with van der Waals surface area (Å²) in [4.78, 5) is 10.5. The molecule has 1 aromatic heterocycles. The Hall–Kier alpha value is -0.590. The SMILES string of the molecule is CCNc1nc(CSc2ccc(Br)cc2)nc(CC)c1Br. The Labute approximate surface area is 146 Å². The molecular formula is C15H17Br2N3S. The number of nitrogens with zero attached hydrogens (tertiary/aromatic N) is 2. The van der Waals surface area contributed by atoms with Crippen molar-refractivity contribution in [2.75, 3.05) is 11.9 Å². The van der Waals surface area contributed by atoms with Gasteiger partial charge in [-0.2, -0.15) is 0 Å². The zero-order valence-corrected chi connectivity index (χ0v) is 16.0. The van der Waals surface area contributed by atoms with Gasteiger partial charge in [0, 0.05) is 15.9 Å². The van der Waals surface area contributed by atoms with Gasteiger partial charge in [-0.25, -0.2) is 9.97 Å². The van der Waals surface area contributed by atoms with Crippen molar-refractivity contribution in [1.29, 1.82) is 0 Å². The first-order chi connectivity index (χ1) is 10.1. The summed E-state index contributed by atoms with van der Waals surface area (Å²) < 4.78 is 2.07. The van der Waals surface area contributed by atoms with Gasteiger partial charge in [0.1, 0.15) is 11.6 Å². The number of hydrogen-bond donors (Lipinski definition) is 1. The minimum absolute atomic E-state index is 0.764. The highest BCUT2D eigenvalue weighted by molar-refractivity contribution is 9.11. The number of hydrogen-bond acceptors (Lipinski definition) is 4. The zero-order chi connectivity index (χ0) is 15.2. The number of anilines is 1. The number of nitrogens with one attached hydrogen (secondary N) is 1. The summed E-state index contributed by atoms with van der Waals surface area (Å²) in [5.41, 5.74) is 1.05. The maximum Gasteiger partial charge on any atom is 0.144 e. The highest BCUT2D eigenvalue weighted by atomic mass is 79.9. The Morgan fingerprint density at radius 1 is 1.10 bits per heavy atom. The van der Waals surface area contributed by atoms with E-state index in [0.29, 0.717) is 0 Å². The molecule has 0 amide bonds. The molecule has 1 aromatic carbocycles. The number of aryl methyl sites for hydroxylation is 1. The molecule has 2 rings (SSSR count). The fourth-order valence-corrected chi connectivity index (χ4v) is 3.42. The first kappa shape index (κ1) is 16.8. The predicted molar refractivity (Wildman–Crippen MR) is 97.0 cm³/mol. The highest BCUT2D eigenvalue weighted by Gasteiger charge is 2.10. The average molecular weight is 431 g/mol. The lowest BCUT2D eigenvalue weighted by Gasteiger charge is -2.11. The molecule has 0 saturated carbocycles. The Kier molecular flexibility index (Phi) is 6.51. The first-order valence-corrected chi connectivity index (χ1v) is 9.38. The van der Waals surface area contributed by atoms with Crippen LogP contribution in [0.1, 0.15) is 25.4 Å². The molecule has 112 valence electrons. The van der Waals surface area contributed by atoms with E-state index in [0.717, 1.165) is 45.0 Å². The van der Waals surface area contributed by atoms with E-state index in [1.54, 1.807) is 11.8 Å². The van der Waals surface area contributed by atoms with Crippen LogP contribution in [0.15, 0.2) is 38.1 Å². The van der Waals surface area contributed by atoms with E-state index in [1.165, 1.54) is 4.90 Å². The summed E-state index contributed by atoms with van der Waals surface area (Å²) in [7, 11) is 0. The second kappa shape index (κ2) is 8.15. The van der Waals surface area contributed by atoms with Crippen LogP contribution in [0.3, 0.4) is 0 Å². The summed E-state index contributed by atoms with van der Waals surface area (Å²) in [5, 5.41) is 3.28. The van der Waals surface area contributed by atoms with Crippen LogP contribution in [0.2, 0.25) is 0 Å². The lowest BCUT2D eigenvalue weighted by atomic mass is 10.3. The molecule has 1 N–H and O–H groups in total. The number of benzene rings is 1. The zero-order valence-electron chi connectivity index (χ0n) is 12.0. The maximum absolute atomic E-state index is 4.64. The molecule has 21 heavy (non-hydrogen) atoms. The first-order valence-electron chi connectivity index (χ1n) is 6.81. The summed E-state index contributed by atoms with van der Waals surface area (Å²) in [6.07, 6.45) is 0.886. The lowest BCUT2D eigenvalue weighted by Crippen LogP contribution is -2.07. The predicted octanol–water partition coefficient (Wildman–Crippen LogP) is 5.29. The Morgan fingerprint density at radius 2 is 1.81 bits per heavy atom. The third kappa shape index (κ3) is 4.69. The molecule has 0 aliphatic rings. The number of aromatic nitrogens is 2. The van der Waals surface area contributed by atoms with Crippen LogP contribution in [0.25, 0.3) is 0 Å². The standard InChI is InChI=1S/C15H17Br2N3S/c1-3-12-14(17)15(18-4-2)20-13(19-12)9-21-11-7-5-10(16)6-8-11/h5-8H,3-4,9H2,1-2H3,(H,18,19,20). The summed E-state index contributed by atoms with van der Waals surface area (Å²) in [6.45, 7) is 5.02. The van der Waals surface area contributed by atoms with E-state index >= 15 is 0 Å². The largest absolute Gasteiger partial charge is 0.369 e. The van der Waals surface area contributed by atoms with Crippen molar-refractivity contribution in [3.63, 3.8) is 0 Å². The van der Waals surface area contributed by atoms with Crippen LogP contribution in [0.5, 0.6) is 0 Å². The fraction of sp³-hybridized carbons (Fsp3) is 0.333. The van der Waals surface area contributed by atoms with Gasteiger partial charge < -0.3 is 5.32 Å². The molecule has 0 bridgehead atoms. The van der Waals surface area contributed by atoms with Crippen LogP contribution in [-0.2, 0) is 12.2 Å². The van der Waals surface area contributed by atoms with Gasteiger partial charge in [-0.15, -0.1) is 11.8 Å². The van der Waals surface area contributed by atoms with Crippen LogP contribution >= 0.6 is 43.6 Å². The van der Waals surface area contributed by atoms with Gasteiger partial charge in [0.25, 0.3) is 0 Å². The third-order valence-electron chi connectivity index (χ3n) is 2.83. The molecule has 0 aliphatic carbocycles. The number of rotatable bonds is 6. The number of halogens is 2. The molecule has 0 radical (unpaired) electrons. The smallest absolute Gasteiger partial charge is 0.144 e. The van der Waals surface area contributed by atoms with Gasteiger partial charge in [0.05, 0.1) is 15.9 Å². The topological polar surface area (TPSA) is 37.8 Å². The fourth-order valence-electron chi connectivity index (χ4n) is 1.81. The molecule has 0 aliphatic heterocycles. The monoisotopic (exact) mass is 429 g/mol. The quantitative estimate of drug-likeness (QED) is 0.632. The molecule has 0 spiro atoms. The normalized spacial score (nSPS) is 10.7. The number of thioether (sulfide) groups is 1. The molecular weight excluding hydrogens is 414 g/mol. The second-order valence-electron chi connectivity index (χ2n) is 4.38. The van der Waals surface area contributed by atoms with E-state index < -0.39 is 0 Å². The molecule has 6 heteroatoms. The van der Waals surface area contributed by atoms with Crippen LogP contribution in [-0.4, -0.2) is 16.5 Å². The molecule has 0 saturated heterocycles. The highest BCUT2D eigenvalue weighted by Crippen LogP contribution is 2.27. The minimum Gasteiger partial charge on any atom is -0.369 e. The lowest BCUT2D eigenvalue weighted by molar-refractivity contribution is 0.924. The third-order valence-corrected chi connectivity index (χ3v) is 5.20. The van der Waals surface area contributed by atoms with Crippen molar-refractivity contribution in [2.45, 2.75) is 30.9 Å². The maximum atomic E-state index is 4.64. The van der Waals surface area contributed by atoms with E-state index in [4.69, 9.17) is 0 Å². The summed E-state index contributed by atoms with van der Waals surface area (Å²) in [6, 6.07) is 8.29. The van der Waals surface area contributed by atoms with Gasteiger partial charge in [0.15, 0.2) is 0 Å². The van der Waals surface area contributed by atoms with Crippen molar-refractivity contribution in [1.82, 2.24) is 9.97 Å². The van der Waals surface area contributed by atoms with Gasteiger partial charge in [-0.3, -0.25) is 0 Å². The molecule has 2 aromatic rings. The van der Waals surface area contributed by atoms with Crippen molar-refractivity contribution in [2.24, 2.45) is 0 Å². The van der Waals surface area contributed by atoms with Gasteiger partial charge in [0.2, 0.25) is 0 Å².